The average molecular weight is 337 g/mol. The molecule has 0 atom stereocenters. The van der Waals surface area contributed by atoms with Crippen LogP contribution >= 0.6 is 11.6 Å². The molecule has 1 aliphatic carbocycles. The van der Waals surface area contributed by atoms with E-state index in [1.54, 1.807) is 16.9 Å². The van der Waals surface area contributed by atoms with E-state index in [1.807, 2.05) is 0 Å². The summed E-state index contributed by atoms with van der Waals surface area (Å²) in [5.74, 6) is -0.766. The molecule has 0 saturated heterocycles. The lowest BCUT2D eigenvalue weighted by atomic mass is 9.96. The summed E-state index contributed by atoms with van der Waals surface area (Å²) in [6.45, 7) is 0. The van der Waals surface area contributed by atoms with E-state index in [0.29, 0.717) is 17.1 Å². The van der Waals surface area contributed by atoms with E-state index in [2.05, 4.69) is 10.4 Å². The molecule has 1 aliphatic rings. The van der Waals surface area contributed by atoms with Gasteiger partial charge in [-0.25, -0.2) is 4.39 Å². The van der Waals surface area contributed by atoms with Crippen LogP contribution in [0.3, 0.4) is 0 Å². The smallest absolute Gasteiger partial charge is 0.254 e. The molecule has 0 aliphatic heterocycles. The molecule has 1 aromatic carbocycles. The summed E-state index contributed by atoms with van der Waals surface area (Å²) in [6.07, 6.45) is 7.29. The Bertz CT molecular complexity index is 725. The molecule has 0 bridgehead atoms. The number of nitrogens with one attached hydrogen (secondary N) is 1. The maximum atomic E-state index is 13.5. The van der Waals surface area contributed by atoms with Crippen molar-refractivity contribution in [3.05, 3.63) is 40.8 Å². The molecule has 23 heavy (non-hydrogen) atoms. The monoisotopic (exact) mass is 336 g/mol. The van der Waals surface area contributed by atoms with Gasteiger partial charge < -0.3 is 11.1 Å². The van der Waals surface area contributed by atoms with Crippen LogP contribution in [-0.4, -0.2) is 15.7 Å². The molecule has 1 saturated carbocycles. The molecule has 0 unspecified atom stereocenters. The van der Waals surface area contributed by atoms with Gasteiger partial charge in [-0.2, -0.15) is 5.10 Å². The first-order valence-electron chi connectivity index (χ1n) is 7.65. The third-order valence-electron chi connectivity index (χ3n) is 4.13. The predicted octanol–water partition coefficient (Wildman–Crippen LogP) is 4.02. The Kier molecular flexibility index (Phi) is 4.52. The molecule has 1 heterocycles. The van der Waals surface area contributed by atoms with Crippen molar-refractivity contribution in [2.75, 3.05) is 5.32 Å². The van der Waals surface area contributed by atoms with Gasteiger partial charge in [0.15, 0.2) is 5.82 Å². The maximum Gasteiger partial charge on any atom is 0.254 e. The molecule has 2 aromatic rings. The van der Waals surface area contributed by atoms with E-state index < -0.39 is 11.7 Å². The Balaban J connectivity index is 1.88. The molecular weight excluding hydrogens is 319 g/mol. The number of rotatable bonds is 4. The molecule has 3 N–H and O–H groups in total. The Morgan fingerprint density at radius 2 is 2.09 bits per heavy atom. The lowest BCUT2D eigenvalue weighted by molar-refractivity contribution is 0.100. The van der Waals surface area contributed by atoms with Crippen molar-refractivity contribution in [1.82, 2.24) is 9.78 Å². The highest BCUT2D eigenvalue weighted by atomic mass is 35.5. The van der Waals surface area contributed by atoms with Crippen molar-refractivity contribution < 1.29 is 9.18 Å². The van der Waals surface area contributed by atoms with Crippen molar-refractivity contribution in [2.45, 2.75) is 38.1 Å². The third-order valence-corrected chi connectivity index (χ3v) is 4.44. The largest absolute Gasteiger partial charge is 0.365 e. The van der Waals surface area contributed by atoms with Gasteiger partial charge in [-0.05, 0) is 31.0 Å². The molecule has 5 nitrogen and oxygen atoms in total. The van der Waals surface area contributed by atoms with Crippen molar-refractivity contribution in [2.24, 2.45) is 5.73 Å². The van der Waals surface area contributed by atoms with E-state index in [4.69, 9.17) is 17.3 Å². The predicted molar refractivity (Wildman–Crippen MR) is 87.6 cm³/mol. The molecule has 3 rings (SSSR count). The number of benzene rings is 1. The number of carbonyl (C=O) groups excluding carboxylic acids is 1. The second kappa shape index (κ2) is 6.58. The first-order valence-corrected chi connectivity index (χ1v) is 8.03. The van der Waals surface area contributed by atoms with Crippen LogP contribution in [-0.2, 0) is 0 Å². The van der Waals surface area contributed by atoms with Gasteiger partial charge in [-0.15, -0.1) is 0 Å². The summed E-state index contributed by atoms with van der Waals surface area (Å²) in [4.78, 5) is 11.7. The number of aromatic nitrogens is 2. The molecule has 1 fully saturated rings. The van der Waals surface area contributed by atoms with E-state index in [1.165, 1.54) is 18.6 Å². The number of hydrogen-bond donors (Lipinski definition) is 2. The Morgan fingerprint density at radius 1 is 1.35 bits per heavy atom. The summed E-state index contributed by atoms with van der Waals surface area (Å²) in [7, 11) is 0. The fraction of sp³-hybridized carbons (Fsp3) is 0.375. The second-order valence-corrected chi connectivity index (χ2v) is 6.19. The number of amides is 1. The number of nitrogens with zero attached hydrogens (tertiary/aromatic N) is 2. The highest BCUT2D eigenvalue weighted by Gasteiger charge is 2.21. The van der Waals surface area contributed by atoms with Gasteiger partial charge in [-0.3, -0.25) is 9.48 Å². The van der Waals surface area contributed by atoms with E-state index in [0.717, 1.165) is 25.7 Å². The normalized spacial score (nSPS) is 15.6. The first-order chi connectivity index (χ1) is 11.0. The Morgan fingerprint density at radius 3 is 2.74 bits per heavy atom. The number of nitrogens with two attached hydrogens (primary N) is 1. The topological polar surface area (TPSA) is 72.9 Å². The van der Waals surface area contributed by atoms with Crippen molar-refractivity contribution in [3.63, 3.8) is 0 Å². The Hall–Kier alpha value is -2.08. The zero-order valence-corrected chi connectivity index (χ0v) is 13.3. The van der Waals surface area contributed by atoms with E-state index in [-0.39, 0.29) is 11.1 Å². The van der Waals surface area contributed by atoms with E-state index in [9.17, 15) is 9.18 Å². The summed E-state index contributed by atoms with van der Waals surface area (Å²) in [5, 5.41) is 7.44. The number of halogens is 2. The van der Waals surface area contributed by atoms with Crippen LogP contribution in [0.1, 0.15) is 48.5 Å². The molecular formula is C16H18ClFN4O. The maximum absolute atomic E-state index is 13.5. The van der Waals surface area contributed by atoms with Gasteiger partial charge in [0.2, 0.25) is 0 Å². The molecule has 122 valence electrons. The number of carbonyl (C=O) groups is 1. The Labute approximate surface area is 138 Å². The molecule has 1 amide bonds. The van der Waals surface area contributed by atoms with Gasteiger partial charge in [0.25, 0.3) is 5.91 Å². The van der Waals surface area contributed by atoms with Crippen molar-refractivity contribution in [3.8, 4) is 0 Å². The zero-order chi connectivity index (χ0) is 16.4. The first kappa shape index (κ1) is 15.8. The fourth-order valence-electron chi connectivity index (χ4n) is 2.91. The SMILES string of the molecule is NC(=O)c1cn(C2CCCCC2)nc1Nc1ccc(Cl)c(F)c1. The number of primary amides is 1. The van der Waals surface area contributed by atoms with Crippen LogP contribution in [0.15, 0.2) is 24.4 Å². The van der Waals surface area contributed by atoms with Gasteiger partial charge in [0.1, 0.15) is 11.4 Å². The van der Waals surface area contributed by atoms with Gasteiger partial charge in [0.05, 0.1) is 11.1 Å². The highest BCUT2D eigenvalue weighted by Crippen LogP contribution is 2.30. The minimum absolute atomic E-state index is 0.0402. The summed E-state index contributed by atoms with van der Waals surface area (Å²) >= 11 is 5.67. The van der Waals surface area contributed by atoms with Gasteiger partial charge in [-0.1, -0.05) is 30.9 Å². The van der Waals surface area contributed by atoms with Crippen LogP contribution in [0.5, 0.6) is 0 Å². The molecule has 0 radical (unpaired) electrons. The lowest BCUT2D eigenvalue weighted by Gasteiger charge is -2.21. The van der Waals surface area contributed by atoms with Crippen molar-refractivity contribution in [1.29, 1.82) is 0 Å². The standard InChI is InChI=1S/C16H18ClFN4O/c17-13-7-6-10(8-14(13)18)20-16-12(15(19)23)9-22(21-16)11-4-2-1-3-5-11/h6-9,11H,1-5H2,(H2,19,23)(H,20,21). The highest BCUT2D eigenvalue weighted by molar-refractivity contribution is 6.30. The van der Waals surface area contributed by atoms with Gasteiger partial charge in [0, 0.05) is 11.9 Å². The summed E-state index contributed by atoms with van der Waals surface area (Å²) in [6, 6.07) is 4.60. The van der Waals surface area contributed by atoms with Crippen molar-refractivity contribution >= 4 is 29.0 Å². The third kappa shape index (κ3) is 3.47. The fourth-order valence-corrected chi connectivity index (χ4v) is 3.03. The van der Waals surface area contributed by atoms with Crippen LogP contribution in [0.25, 0.3) is 0 Å². The molecule has 7 heteroatoms. The van der Waals surface area contributed by atoms with Crippen LogP contribution in [0.4, 0.5) is 15.9 Å². The van der Waals surface area contributed by atoms with E-state index >= 15 is 0 Å². The summed E-state index contributed by atoms with van der Waals surface area (Å²) < 4.78 is 15.3. The minimum atomic E-state index is -0.566. The lowest BCUT2D eigenvalue weighted by Crippen LogP contribution is -2.14. The number of anilines is 2. The molecule has 0 spiro atoms. The number of hydrogen-bond acceptors (Lipinski definition) is 3. The molecule has 1 aromatic heterocycles. The average Bonchev–Trinajstić information content (AvgIpc) is 2.96. The summed E-state index contributed by atoms with van der Waals surface area (Å²) in [5.41, 5.74) is 6.20. The second-order valence-electron chi connectivity index (χ2n) is 5.78. The minimum Gasteiger partial charge on any atom is -0.365 e. The van der Waals surface area contributed by atoms with Crippen LogP contribution in [0, 0.1) is 5.82 Å². The van der Waals surface area contributed by atoms with Gasteiger partial charge >= 0.3 is 0 Å². The van der Waals surface area contributed by atoms with Crippen LogP contribution in [0.2, 0.25) is 5.02 Å². The van der Waals surface area contributed by atoms with Crippen LogP contribution < -0.4 is 11.1 Å². The zero-order valence-electron chi connectivity index (χ0n) is 12.6. The quantitative estimate of drug-likeness (QED) is 0.885.